The largest absolute Gasteiger partial charge is 0.492 e. The number of fused-ring (bicyclic) bond motifs is 2. The number of carbonyl (C=O) groups is 1. The lowest BCUT2D eigenvalue weighted by molar-refractivity contribution is 0.102. The Morgan fingerprint density at radius 3 is 2.76 bits per heavy atom. The Bertz CT molecular complexity index is 1610. The van der Waals surface area contributed by atoms with Crippen LogP contribution < -0.4 is 10.1 Å². The van der Waals surface area contributed by atoms with Crippen molar-refractivity contribution in [2.45, 2.75) is 33.2 Å². The summed E-state index contributed by atoms with van der Waals surface area (Å²) < 4.78 is 9.66. The summed E-state index contributed by atoms with van der Waals surface area (Å²) in [7, 11) is 0. The SMILES string of the molecule is Cc1cccc(Cn2nc(C)c3c(NC(=O)c4cnc5cc(OCCN6CCCC6)ccn45)cccc32)n1. The van der Waals surface area contributed by atoms with Gasteiger partial charge in [0.1, 0.15) is 23.7 Å². The molecule has 194 valence electrons. The molecule has 1 N–H and O–H groups in total. The normalized spacial score (nSPS) is 13.9. The highest BCUT2D eigenvalue weighted by Gasteiger charge is 2.18. The van der Waals surface area contributed by atoms with Gasteiger partial charge in [-0.3, -0.25) is 23.8 Å². The molecule has 38 heavy (non-hydrogen) atoms. The highest BCUT2D eigenvalue weighted by molar-refractivity contribution is 6.08. The van der Waals surface area contributed by atoms with E-state index in [1.165, 1.54) is 12.8 Å². The number of likely N-dealkylation sites (tertiary alicyclic amines) is 1. The van der Waals surface area contributed by atoms with Crippen LogP contribution in [0.2, 0.25) is 0 Å². The van der Waals surface area contributed by atoms with Gasteiger partial charge in [-0.25, -0.2) is 4.98 Å². The molecule has 0 spiro atoms. The van der Waals surface area contributed by atoms with Gasteiger partial charge in [-0.05, 0) is 70.1 Å². The summed E-state index contributed by atoms with van der Waals surface area (Å²) in [4.78, 5) is 24.8. The van der Waals surface area contributed by atoms with Crippen molar-refractivity contribution in [3.8, 4) is 5.75 Å². The molecule has 1 amide bonds. The molecule has 0 aliphatic carbocycles. The van der Waals surface area contributed by atoms with Gasteiger partial charge in [-0.2, -0.15) is 5.10 Å². The summed E-state index contributed by atoms with van der Waals surface area (Å²) in [6.45, 7) is 8.36. The van der Waals surface area contributed by atoms with Crippen LogP contribution in [0.1, 0.15) is 40.4 Å². The van der Waals surface area contributed by atoms with Crippen molar-refractivity contribution in [3.05, 3.63) is 83.7 Å². The van der Waals surface area contributed by atoms with Gasteiger partial charge in [0.15, 0.2) is 0 Å². The van der Waals surface area contributed by atoms with Gasteiger partial charge >= 0.3 is 0 Å². The molecule has 0 bridgehead atoms. The highest BCUT2D eigenvalue weighted by Crippen LogP contribution is 2.28. The monoisotopic (exact) mass is 509 g/mol. The van der Waals surface area contributed by atoms with E-state index >= 15 is 0 Å². The third kappa shape index (κ3) is 4.84. The van der Waals surface area contributed by atoms with Crippen molar-refractivity contribution in [2.24, 2.45) is 0 Å². The first-order valence-corrected chi connectivity index (χ1v) is 13.1. The van der Waals surface area contributed by atoms with Crippen LogP contribution in [0.15, 0.2) is 60.9 Å². The first kappa shape index (κ1) is 24.1. The molecule has 1 fully saturated rings. The maximum absolute atomic E-state index is 13.3. The molecule has 5 aromatic rings. The molecular formula is C29H31N7O2. The van der Waals surface area contributed by atoms with Crippen LogP contribution in [0.4, 0.5) is 5.69 Å². The molecule has 9 nitrogen and oxygen atoms in total. The Balaban J connectivity index is 1.20. The van der Waals surface area contributed by atoms with Crippen LogP contribution in [0.5, 0.6) is 5.75 Å². The maximum Gasteiger partial charge on any atom is 0.274 e. The van der Waals surface area contributed by atoms with Gasteiger partial charge in [-0.15, -0.1) is 0 Å². The van der Waals surface area contributed by atoms with Crippen LogP contribution in [-0.2, 0) is 6.54 Å². The molecule has 5 heterocycles. The molecule has 4 aromatic heterocycles. The number of rotatable bonds is 8. The summed E-state index contributed by atoms with van der Waals surface area (Å²) in [5.74, 6) is 0.519. The number of hydrogen-bond donors (Lipinski definition) is 1. The van der Waals surface area contributed by atoms with Crippen LogP contribution in [-0.4, -0.2) is 61.2 Å². The van der Waals surface area contributed by atoms with E-state index in [0.717, 1.165) is 53.4 Å². The minimum Gasteiger partial charge on any atom is -0.492 e. The summed E-state index contributed by atoms with van der Waals surface area (Å²) in [6, 6.07) is 15.6. The van der Waals surface area contributed by atoms with Crippen molar-refractivity contribution in [3.63, 3.8) is 0 Å². The van der Waals surface area contributed by atoms with Crippen LogP contribution in [0.25, 0.3) is 16.6 Å². The number of nitrogens with one attached hydrogen (secondary N) is 1. The van der Waals surface area contributed by atoms with Crippen molar-refractivity contribution < 1.29 is 9.53 Å². The van der Waals surface area contributed by atoms with Gasteiger partial charge in [0.05, 0.1) is 35.3 Å². The summed E-state index contributed by atoms with van der Waals surface area (Å²) in [5, 5.41) is 8.74. The van der Waals surface area contributed by atoms with Gasteiger partial charge in [0.2, 0.25) is 0 Å². The zero-order chi connectivity index (χ0) is 26.1. The zero-order valence-electron chi connectivity index (χ0n) is 21.7. The predicted octanol–water partition coefficient (Wildman–Crippen LogP) is 4.47. The number of benzene rings is 1. The number of aromatic nitrogens is 5. The molecule has 1 aromatic carbocycles. The first-order valence-electron chi connectivity index (χ1n) is 13.1. The summed E-state index contributed by atoms with van der Waals surface area (Å²) >= 11 is 0. The average Bonchev–Trinajstić information content (AvgIpc) is 3.64. The lowest BCUT2D eigenvalue weighted by atomic mass is 10.1. The van der Waals surface area contributed by atoms with E-state index in [1.54, 1.807) is 10.6 Å². The van der Waals surface area contributed by atoms with E-state index in [4.69, 9.17) is 9.84 Å². The molecule has 9 heteroatoms. The molecule has 1 aliphatic rings. The smallest absolute Gasteiger partial charge is 0.274 e. The number of pyridine rings is 2. The number of imidazole rings is 1. The zero-order valence-corrected chi connectivity index (χ0v) is 21.7. The van der Waals surface area contributed by atoms with E-state index < -0.39 is 0 Å². The fourth-order valence-electron chi connectivity index (χ4n) is 5.19. The van der Waals surface area contributed by atoms with Crippen molar-refractivity contribution in [1.29, 1.82) is 0 Å². The third-order valence-electron chi connectivity index (χ3n) is 7.05. The van der Waals surface area contributed by atoms with Crippen LogP contribution >= 0.6 is 0 Å². The lowest BCUT2D eigenvalue weighted by Crippen LogP contribution is -2.25. The number of ether oxygens (including phenoxy) is 1. The van der Waals surface area contributed by atoms with Gasteiger partial charge < -0.3 is 10.1 Å². The predicted molar refractivity (Wildman–Crippen MR) is 147 cm³/mol. The third-order valence-corrected chi connectivity index (χ3v) is 7.05. The number of hydrogen-bond acceptors (Lipinski definition) is 6. The van der Waals surface area contributed by atoms with E-state index in [9.17, 15) is 4.79 Å². The second-order valence-electron chi connectivity index (χ2n) is 9.80. The summed E-state index contributed by atoms with van der Waals surface area (Å²) in [5.41, 5.74) is 5.53. The Kier molecular flexibility index (Phi) is 6.51. The molecular weight excluding hydrogens is 478 g/mol. The van der Waals surface area contributed by atoms with E-state index in [-0.39, 0.29) is 5.91 Å². The standard InChI is InChI=1S/C29H31N7O2/c1-20-7-5-8-22(31-20)19-36-25-10-6-9-24(28(25)21(2)33-36)32-29(37)26-18-30-27-17-23(11-14-35(26)27)38-16-15-34-12-3-4-13-34/h5-11,14,17-18H,3-4,12-13,15-16,19H2,1-2H3,(H,32,37). The van der Waals surface area contributed by atoms with E-state index in [2.05, 4.69) is 20.2 Å². The minimum atomic E-state index is -0.236. The van der Waals surface area contributed by atoms with Crippen molar-refractivity contribution >= 4 is 28.1 Å². The molecule has 6 rings (SSSR count). The molecule has 0 unspecified atom stereocenters. The molecule has 0 atom stereocenters. The highest BCUT2D eigenvalue weighted by atomic mass is 16.5. The number of aryl methyl sites for hydroxylation is 2. The Morgan fingerprint density at radius 2 is 1.92 bits per heavy atom. The van der Waals surface area contributed by atoms with Crippen molar-refractivity contribution in [1.82, 2.24) is 29.0 Å². The number of amides is 1. The lowest BCUT2D eigenvalue weighted by Gasteiger charge is -2.15. The minimum absolute atomic E-state index is 0.236. The Hall–Kier alpha value is -4.24. The second-order valence-corrected chi connectivity index (χ2v) is 9.80. The fourth-order valence-corrected chi connectivity index (χ4v) is 5.19. The van der Waals surface area contributed by atoms with Crippen LogP contribution in [0.3, 0.4) is 0 Å². The molecule has 1 aliphatic heterocycles. The van der Waals surface area contributed by atoms with E-state index in [0.29, 0.717) is 30.2 Å². The topological polar surface area (TPSA) is 89.6 Å². The Morgan fingerprint density at radius 1 is 1.08 bits per heavy atom. The van der Waals surface area contributed by atoms with Gasteiger partial charge in [-0.1, -0.05) is 12.1 Å². The van der Waals surface area contributed by atoms with Gasteiger partial charge in [0.25, 0.3) is 5.91 Å². The molecule has 0 saturated carbocycles. The second kappa shape index (κ2) is 10.3. The van der Waals surface area contributed by atoms with Crippen molar-refractivity contribution in [2.75, 3.05) is 31.6 Å². The first-order chi connectivity index (χ1) is 18.5. The number of nitrogens with zero attached hydrogens (tertiary/aromatic N) is 6. The quantitative estimate of drug-likeness (QED) is 0.332. The van der Waals surface area contributed by atoms with E-state index in [1.807, 2.05) is 73.3 Å². The summed E-state index contributed by atoms with van der Waals surface area (Å²) in [6.07, 6.45) is 5.97. The Labute approximate surface area is 221 Å². The van der Waals surface area contributed by atoms with Crippen LogP contribution in [0, 0.1) is 13.8 Å². The number of carbonyl (C=O) groups excluding carboxylic acids is 1. The fraction of sp³-hybridized carbons (Fsp3) is 0.310. The molecule has 0 radical (unpaired) electrons. The molecule has 1 saturated heterocycles. The van der Waals surface area contributed by atoms with Gasteiger partial charge in [0, 0.05) is 29.9 Å². The maximum atomic E-state index is 13.3. The number of anilines is 1. The average molecular weight is 510 g/mol.